The molecule has 1 heterocycles. The molecule has 1 amide bonds. The normalized spacial score (nSPS) is 10.2. The Morgan fingerprint density at radius 1 is 1.48 bits per heavy atom. The second-order valence-electron chi connectivity index (χ2n) is 4.27. The maximum absolute atomic E-state index is 13.7. The first kappa shape index (κ1) is 14.4. The average molecular weight is 290 g/mol. The van der Waals surface area contributed by atoms with Crippen LogP contribution in [0.2, 0.25) is 0 Å². The van der Waals surface area contributed by atoms with Gasteiger partial charge >= 0.3 is 0 Å². The zero-order valence-corrected chi connectivity index (χ0v) is 11.0. The van der Waals surface area contributed by atoms with Crippen molar-refractivity contribution in [3.05, 3.63) is 57.5 Å². The number of carbonyl (C=O) groups is 1. The number of nitrogens with zero attached hydrogens (tertiary/aromatic N) is 2. The van der Waals surface area contributed by atoms with E-state index in [9.17, 15) is 19.3 Å². The molecule has 0 bridgehead atoms. The van der Waals surface area contributed by atoms with E-state index < -0.39 is 16.6 Å². The van der Waals surface area contributed by atoms with Crippen LogP contribution in [-0.4, -0.2) is 15.8 Å². The summed E-state index contributed by atoms with van der Waals surface area (Å²) in [6, 6.07) is 5.31. The molecule has 0 saturated heterocycles. The first-order valence-corrected chi connectivity index (χ1v) is 5.86. The van der Waals surface area contributed by atoms with E-state index in [1.807, 2.05) is 0 Å². The van der Waals surface area contributed by atoms with Crippen molar-refractivity contribution in [1.29, 1.82) is 0 Å². The SMILES string of the molecule is Cc1cccc(F)c1NC(=O)c1cc([N+](=O)[O-])cnc1N. The van der Waals surface area contributed by atoms with Crippen molar-refractivity contribution in [2.45, 2.75) is 6.92 Å². The number of carbonyl (C=O) groups excluding carboxylic acids is 1. The molecular weight excluding hydrogens is 279 g/mol. The molecule has 0 fully saturated rings. The minimum atomic E-state index is -0.767. The van der Waals surface area contributed by atoms with Gasteiger partial charge in [0.05, 0.1) is 16.2 Å². The summed E-state index contributed by atoms with van der Waals surface area (Å²) in [4.78, 5) is 25.7. The summed E-state index contributed by atoms with van der Waals surface area (Å²) < 4.78 is 13.7. The highest BCUT2D eigenvalue weighted by atomic mass is 19.1. The summed E-state index contributed by atoms with van der Waals surface area (Å²) in [5.74, 6) is -1.55. The number of nitrogen functional groups attached to an aromatic ring is 1. The van der Waals surface area contributed by atoms with Crippen LogP contribution in [0.3, 0.4) is 0 Å². The van der Waals surface area contributed by atoms with E-state index in [-0.39, 0.29) is 22.8 Å². The highest BCUT2D eigenvalue weighted by Gasteiger charge is 2.18. The fourth-order valence-corrected chi connectivity index (χ4v) is 1.72. The van der Waals surface area contributed by atoms with Crippen molar-refractivity contribution in [2.24, 2.45) is 0 Å². The number of aryl methyl sites for hydroxylation is 1. The van der Waals surface area contributed by atoms with Crippen molar-refractivity contribution >= 4 is 23.1 Å². The van der Waals surface area contributed by atoms with E-state index in [1.165, 1.54) is 12.1 Å². The Morgan fingerprint density at radius 3 is 2.81 bits per heavy atom. The first-order chi connectivity index (χ1) is 9.90. The van der Waals surface area contributed by atoms with Gasteiger partial charge in [-0.05, 0) is 18.6 Å². The molecule has 2 aromatic rings. The molecule has 0 saturated carbocycles. The molecule has 21 heavy (non-hydrogen) atoms. The highest BCUT2D eigenvalue weighted by molar-refractivity contribution is 6.07. The monoisotopic (exact) mass is 290 g/mol. The molecule has 8 heteroatoms. The van der Waals surface area contributed by atoms with Gasteiger partial charge in [0, 0.05) is 6.07 Å². The van der Waals surface area contributed by atoms with Gasteiger partial charge in [0.1, 0.15) is 17.8 Å². The number of hydrogen-bond acceptors (Lipinski definition) is 5. The number of nitrogens with two attached hydrogens (primary N) is 1. The number of nitro groups is 1. The van der Waals surface area contributed by atoms with E-state index >= 15 is 0 Å². The van der Waals surface area contributed by atoms with Gasteiger partial charge in [-0.2, -0.15) is 0 Å². The predicted molar refractivity (Wildman–Crippen MR) is 74.4 cm³/mol. The van der Waals surface area contributed by atoms with Crippen LogP contribution in [0.15, 0.2) is 30.5 Å². The van der Waals surface area contributed by atoms with Gasteiger partial charge in [-0.1, -0.05) is 12.1 Å². The lowest BCUT2D eigenvalue weighted by atomic mass is 10.1. The number of anilines is 2. The lowest BCUT2D eigenvalue weighted by Gasteiger charge is -2.10. The molecule has 7 nitrogen and oxygen atoms in total. The van der Waals surface area contributed by atoms with Crippen LogP contribution in [0.4, 0.5) is 21.6 Å². The molecule has 3 N–H and O–H groups in total. The van der Waals surface area contributed by atoms with Gasteiger partial charge in [0.2, 0.25) is 0 Å². The van der Waals surface area contributed by atoms with Crippen LogP contribution in [0.1, 0.15) is 15.9 Å². The largest absolute Gasteiger partial charge is 0.383 e. The summed E-state index contributed by atoms with van der Waals surface area (Å²) in [7, 11) is 0. The quantitative estimate of drug-likeness (QED) is 0.665. The number of amides is 1. The lowest BCUT2D eigenvalue weighted by Crippen LogP contribution is -2.16. The zero-order chi connectivity index (χ0) is 15.6. The number of para-hydroxylation sites is 1. The van der Waals surface area contributed by atoms with Crippen molar-refractivity contribution < 1.29 is 14.1 Å². The van der Waals surface area contributed by atoms with Gasteiger partial charge in [-0.25, -0.2) is 9.37 Å². The smallest absolute Gasteiger partial charge is 0.288 e. The Kier molecular flexibility index (Phi) is 3.79. The molecule has 0 aliphatic carbocycles. The molecule has 1 aromatic heterocycles. The highest BCUT2D eigenvalue weighted by Crippen LogP contribution is 2.22. The standard InChI is InChI=1S/C13H11FN4O3/c1-7-3-2-4-10(14)11(7)17-13(19)9-5-8(18(20)21)6-16-12(9)15/h2-6H,1H3,(H2,15,16)(H,17,19). The van der Waals surface area contributed by atoms with Crippen LogP contribution < -0.4 is 11.1 Å². The Balaban J connectivity index is 2.37. The van der Waals surface area contributed by atoms with Gasteiger partial charge in [-0.15, -0.1) is 0 Å². The van der Waals surface area contributed by atoms with E-state index in [4.69, 9.17) is 5.73 Å². The Morgan fingerprint density at radius 2 is 2.19 bits per heavy atom. The van der Waals surface area contributed by atoms with Gasteiger partial charge in [-0.3, -0.25) is 14.9 Å². The summed E-state index contributed by atoms with van der Waals surface area (Å²) in [5.41, 5.74) is 5.48. The Hall–Kier alpha value is -3.03. The maximum atomic E-state index is 13.7. The van der Waals surface area contributed by atoms with Crippen molar-refractivity contribution in [3.8, 4) is 0 Å². The van der Waals surface area contributed by atoms with Crippen LogP contribution in [0.25, 0.3) is 0 Å². The molecule has 0 aliphatic heterocycles. The van der Waals surface area contributed by atoms with Gasteiger partial charge in [0.25, 0.3) is 11.6 Å². The van der Waals surface area contributed by atoms with Crippen LogP contribution in [-0.2, 0) is 0 Å². The van der Waals surface area contributed by atoms with Crippen LogP contribution in [0.5, 0.6) is 0 Å². The van der Waals surface area contributed by atoms with Crippen LogP contribution >= 0.6 is 0 Å². The lowest BCUT2D eigenvalue weighted by molar-refractivity contribution is -0.385. The number of pyridine rings is 1. The van der Waals surface area contributed by atoms with Gasteiger partial charge in [0.15, 0.2) is 0 Å². The van der Waals surface area contributed by atoms with E-state index in [0.717, 1.165) is 12.3 Å². The fraction of sp³-hybridized carbons (Fsp3) is 0.0769. The molecule has 2 rings (SSSR count). The molecule has 0 radical (unpaired) electrons. The number of halogens is 1. The summed E-state index contributed by atoms with van der Waals surface area (Å²) in [6.07, 6.45) is 0.945. The number of nitrogens with one attached hydrogen (secondary N) is 1. The molecule has 0 spiro atoms. The van der Waals surface area contributed by atoms with E-state index in [2.05, 4.69) is 10.3 Å². The third-order valence-electron chi connectivity index (χ3n) is 2.82. The molecular formula is C13H11FN4O3. The van der Waals surface area contributed by atoms with E-state index in [1.54, 1.807) is 13.0 Å². The number of rotatable bonds is 3. The zero-order valence-electron chi connectivity index (χ0n) is 11.0. The van der Waals surface area contributed by atoms with E-state index in [0.29, 0.717) is 5.56 Å². The van der Waals surface area contributed by atoms with Crippen molar-refractivity contribution in [1.82, 2.24) is 4.98 Å². The summed E-state index contributed by atoms with van der Waals surface area (Å²) in [6.45, 7) is 1.62. The summed E-state index contributed by atoms with van der Waals surface area (Å²) in [5, 5.41) is 13.0. The van der Waals surface area contributed by atoms with Crippen LogP contribution in [0, 0.1) is 22.9 Å². The second kappa shape index (κ2) is 5.53. The minimum absolute atomic E-state index is 0.00611. The van der Waals surface area contributed by atoms with Crippen molar-refractivity contribution in [3.63, 3.8) is 0 Å². The molecule has 0 atom stereocenters. The molecule has 0 aliphatic rings. The minimum Gasteiger partial charge on any atom is -0.383 e. The fourth-order valence-electron chi connectivity index (χ4n) is 1.72. The first-order valence-electron chi connectivity index (χ1n) is 5.86. The number of hydrogen-bond donors (Lipinski definition) is 2. The van der Waals surface area contributed by atoms with Crippen molar-refractivity contribution in [2.75, 3.05) is 11.1 Å². The maximum Gasteiger partial charge on any atom is 0.288 e. The number of benzene rings is 1. The summed E-state index contributed by atoms with van der Waals surface area (Å²) >= 11 is 0. The second-order valence-corrected chi connectivity index (χ2v) is 4.27. The Bertz CT molecular complexity index is 713. The molecule has 108 valence electrons. The molecule has 0 unspecified atom stereocenters. The van der Waals surface area contributed by atoms with Gasteiger partial charge < -0.3 is 11.1 Å². The third kappa shape index (κ3) is 2.94. The molecule has 1 aromatic carbocycles. The number of aromatic nitrogens is 1. The topological polar surface area (TPSA) is 111 Å². The third-order valence-corrected chi connectivity index (χ3v) is 2.82. The average Bonchev–Trinajstić information content (AvgIpc) is 2.43. The Labute approximate surface area is 118 Å². The predicted octanol–water partition coefficient (Wildman–Crippen LogP) is 2.27.